The summed E-state index contributed by atoms with van der Waals surface area (Å²) in [4.78, 5) is 15.0. The van der Waals surface area contributed by atoms with Gasteiger partial charge in [-0.15, -0.1) is 12.4 Å². The molecule has 0 aromatic heterocycles. The van der Waals surface area contributed by atoms with Gasteiger partial charge in [-0.2, -0.15) is 13.2 Å². The molecule has 1 aliphatic heterocycles. The third-order valence-electron chi connectivity index (χ3n) is 6.43. The smallest absolute Gasteiger partial charge is 0.416 e. The van der Waals surface area contributed by atoms with Gasteiger partial charge in [0.1, 0.15) is 17.7 Å². The Balaban J connectivity index is 0.00000361. The molecular weight excluding hydrogens is 494 g/mol. The summed E-state index contributed by atoms with van der Waals surface area (Å²) >= 11 is 0. The molecule has 192 valence electrons. The van der Waals surface area contributed by atoms with Crippen molar-refractivity contribution in [1.82, 2.24) is 4.90 Å². The van der Waals surface area contributed by atoms with Gasteiger partial charge in [0.05, 0.1) is 5.56 Å². The van der Waals surface area contributed by atoms with Gasteiger partial charge in [-0.1, -0.05) is 30.3 Å². The van der Waals surface area contributed by atoms with E-state index < -0.39 is 11.7 Å². The number of alkyl halides is 3. The molecule has 0 N–H and O–H groups in total. The van der Waals surface area contributed by atoms with Crippen LogP contribution in [0.25, 0.3) is 0 Å². The first-order valence-electron chi connectivity index (χ1n) is 11.7. The molecule has 3 nitrogen and oxygen atoms in total. The van der Waals surface area contributed by atoms with Crippen molar-refractivity contribution in [1.29, 1.82) is 0 Å². The largest absolute Gasteiger partial charge is 0.486 e. The number of Topliss-reactive ketones (excluding diaryl/α,β-unsaturated/α-hetero) is 1. The van der Waals surface area contributed by atoms with Crippen LogP contribution < -0.4 is 4.74 Å². The Hall–Kier alpha value is -2.90. The van der Waals surface area contributed by atoms with E-state index in [0.717, 1.165) is 50.2 Å². The zero-order valence-corrected chi connectivity index (χ0v) is 20.4. The van der Waals surface area contributed by atoms with Crippen LogP contribution in [0.15, 0.2) is 78.9 Å². The number of hydrogen-bond acceptors (Lipinski definition) is 3. The fourth-order valence-electron chi connectivity index (χ4n) is 4.42. The van der Waals surface area contributed by atoms with Crippen LogP contribution in [0.5, 0.6) is 5.75 Å². The Morgan fingerprint density at radius 1 is 0.917 bits per heavy atom. The van der Waals surface area contributed by atoms with Gasteiger partial charge in [0.25, 0.3) is 0 Å². The molecule has 1 aliphatic rings. The highest BCUT2D eigenvalue weighted by Gasteiger charge is 2.30. The van der Waals surface area contributed by atoms with E-state index in [9.17, 15) is 22.4 Å². The van der Waals surface area contributed by atoms with Gasteiger partial charge in [-0.25, -0.2) is 4.39 Å². The molecule has 0 aliphatic carbocycles. The molecule has 1 fully saturated rings. The molecule has 1 heterocycles. The van der Waals surface area contributed by atoms with Crippen molar-refractivity contribution in [2.75, 3.05) is 19.6 Å². The average Bonchev–Trinajstić information content (AvgIpc) is 2.87. The number of carbonyl (C=O) groups is 1. The van der Waals surface area contributed by atoms with E-state index in [4.69, 9.17) is 4.74 Å². The van der Waals surface area contributed by atoms with E-state index in [1.165, 1.54) is 36.4 Å². The molecule has 1 unspecified atom stereocenters. The summed E-state index contributed by atoms with van der Waals surface area (Å²) in [5, 5.41) is 0. The topological polar surface area (TPSA) is 29.5 Å². The summed E-state index contributed by atoms with van der Waals surface area (Å²) in [6.45, 7) is 2.26. The lowest BCUT2D eigenvalue weighted by atomic mass is 9.88. The molecule has 0 radical (unpaired) electrons. The summed E-state index contributed by atoms with van der Waals surface area (Å²) in [5.41, 5.74) is 0.784. The van der Waals surface area contributed by atoms with Gasteiger partial charge >= 0.3 is 6.18 Å². The highest BCUT2D eigenvalue weighted by Crippen LogP contribution is 2.32. The number of carbonyl (C=O) groups excluding carboxylic acids is 1. The third kappa shape index (κ3) is 7.31. The maximum absolute atomic E-state index is 13.1. The van der Waals surface area contributed by atoms with E-state index in [0.29, 0.717) is 17.7 Å². The molecule has 0 spiro atoms. The second kappa shape index (κ2) is 12.4. The number of rotatable bonds is 8. The number of ether oxygens (including phenoxy) is 1. The maximum atomic E-state index is 13.1. The molecule has 3 aromatic rings. The zero-order valence-electron chi connectivity index (χ0n) is 19.6. The fraction of sp³-hybridized carbons (Fsp3) is 0.321. The minimum atomic E-state index is -4.39. The summed E-state index contributed by atoms with van der Waals surface area (Å²) in [5.74, 6) is 0.000729. The molecule has 36 heavy (non-hydrogen) atoms. The molecule has 8 heteroatoms. The second-order valence-corrected chi connectivity index (χ2v) is 8.82. The van der Waals surface area contributed by atoms with Crippen LogP contribution in [0.4, 0.5) is 17.6 Å². The Bertz CT molecular complexity index is 1100. The first-order valence-corrected chi connectivity index (χ1v) is 11.7. The molecule has 1 atom stereocenters. The lowest BCUT2D eigenvalue weighted by Gasteiger charge is -2.32. The van der Waals surface area contributed by atoms with E-state index in [-0.39, 0.29) is 36.0 Å². The van der Waals surface area contributed by atoms with Crippen molar-refractivity contribution in [3.05, 3.63) is 101 Å². The summed E-state index contributed by atoms with van der Waals surface area (Å²) in [6, 6.07) is 20.1. The Kier molecular flexibility index (Phi) is 9.51. The van der Waals surface area contributed by atoms with Crippen molar-refractivity contribution in [2.24, 2.45) is 5.92 Å². The Labute approximate surface area is 214 Å². The molecule has 1 saturated heterocycles. The number of benzene rings is 3. The van der Waals surface area contributed by atoms with E-state index >= 15 is 0 Å². The second-order valence-electron chi connectivity index (χ2n) is 8.82. The van der Waals surface area contributed by atoms with Gasteiger partial charge in [0, 0.05) is 24.4 Å². The highest BCUT2D eigenvalue weighted by molar-refractivity contribution is 5.97. The first kappa shape index (κ1) is 27.7. The molecular formula is C28H28ClF4NO2. The quantitative estimate of drug-likeness (QED) is 0.229. The van der Waals surface area contributed by atoms with Crippen LogP contribution in [-0.2, 0) is 6.18 Å². The summed E-state index contributed by atoms with van der Waals surface area (Å²) < 4.78 is 57.9. The minimum absolute atomic E-state index is 0. The standard InChI is InChI=1S/C28H27F4NO2.ClH/c29-24-10-6-21(7-11-24)27(34)22-14-17-33(18-15-22)19-16-26(20-4-2-1-3-5-20)35-25-12-8-23(9-13-25)28(30,31)32;/h1-13,22,26H,14-19H2;1H. The van der Waals surface area contributed by atoms with Gasteiger partial charge < -0.3 is 9.64 Å². The van der Waals surface area contributed by atoms with Crippen molar-refractivity contribution < 1.29 is 27.1 Å². The molecule has 4 rings (SSSR count). The van der Waals surface area contributed by atoms with Crippen LogP contribution in [0.2, 0.25) is 0 Å². The summed E-state index contributed by atoms with van der Waals surface area (Å²) in [6.07, 6.45) is -2.59. The van der Waals surface area contributed by atoms with E-state index in [2.05, 4.69) is 4.90 Å². The number of nitrogens with zero attached hydrogens (tertiary/aromatic N) is 1. The number of piperidine rings is 1. The molecule has 0 bridgehead atoms. The number of halogens is 5. The van der Waals surface area contributed by atoms with Crippen LogP contribution in [0.1, 0.15) is 46.9 Å². The van der Waals surface area contributed by atoms with Crippen molar-refractivity contribution in [3.63, 3.8) is 0 Å². The SMILES string of the molecule is Cl.O=C(c1ccc(F)cc1)C1CCN(CCC(Oc2ccc(C(F)(F)F)cc2)c2ccccc2)CC1. The number of ketones is 1. The van der Waals surface area contributed by atoms with Crippen LogP contribution in [0.3, 0.4) is 0 Å². The number of hydrogen-bond donors (Lipinski definition) is 0. The van der Waals surface area contributed by atoms with Crippen LogP contribution >= 0.6 is 12.4 Å². The third-order valence-corrected chi connectivity index (χ3v) is 6.43. The molecule has 3 aromatic carbocycles. The average molecular weight is 522 g/mol. The van der Waals surface area contributed by atoms with E-state index in [1.807, 2.05) is 30.3 Å². The van der Waals surface area contributed by atoms with Crippen molar-refractivity contribution >= 4 is 18.2 Å². The zero-order chi connectivity index (χ0) is 24.8. The van der Waals surface area contributed by atoms with Gasteiger partial charge in [-0.05, 0) is 80.0 Å². The predicted octanol–water partition coefficient (Wildman–Crippen LogP) is 7.37. The fourth-order valence-corrected chi connectivity index (χ4v) is 4.42. The molecule has 0 saturated carbocycles. The van der Waals surface area contributed by atoms with Crippen LogP contribution in [-0.4, -0.2) is 30.3 Å². The normalized spacial score (nSPS) is 15.7. The predicted molar refractivity (Wildman–Crippen MR) is 133 cm³/mol. The van der Waals surface area contributed by atoms with E-state index in [1.54, 1.807) is 0 Å². The minimum Gasteiger partial charge on any atom is -0.486 e. The monoisotopic (exact) mass is 521 g/mol. The highest BCUT2D eigenvalue weighted by atomic mass is 35.5. The Morgan fingerprint density at radius 2 is 1.53 bits per heavy atom. The lowest BCUT2D eigenvalue weighted by molar-refractivity contribution is -0.137. The van der Waals surface area contributed by atoms with Gasteiger partial charge in [-0.3, -0.25) is 4.79 Å². The Morgan fingerprint density at radius 3 is 2.11 bits per heavy atom. The summed E-state index contributed by atoms with van der Waals surface area (Å²) in [7, 11) is 0. The first-order chi connectivity index (χ1) is 16.8. The molecule has 0 amide bonds. The van der Waals surface area contributed by atoms with Gasteiger partial charge in [0.2, 0.25) is 0 Å². The number of likely N-dealkylation sites (tertiary alicyclic amines) is 1. The van der Waals surface area contributed by atoms with Crippen LogP contribution in [0, 0.1) is 11.7 Å². The van der Waals surface area contributed by atoms with Crippen molar-refractivity contribution in [2.45, 2.75) is 31.5 Å². The lowest BCUT2D eigenvalue weighted by Crippen LogP contribution is -2.37. The van der Waals surface area contributed by atoms with Gasteiger partial charge in [0.15, 0.2) is 5.78 Å². The maximum Gasteiger partial charge on any atom is 0.416 e. The van der Waals surface area contributed by atoms with Crippen molar-refractivity contribution in [3.8, 4) is 5.75 Å².